The highest BCUT2D eigenvalue weighted by Gasteiger charge is 2.29. The number of carbonyl (C=O) groups is 3. The van der Waals surface area contributed by atoms with Crippen LogP contribution in [0.4, 0.5) is 0 Å². The van der Waals surface area contributed by atoms with E-state index >= 15 is 0 Å². The average Bonchev–Trinajstić information content (AvgIpc) is 3.75. The first-order chi connectivity index (χ1) is 44.2. The topological polar surface area (TPSA) is 231 Å². The van der Waals surface area contributed by atoms with Gasteiger partial charge in [-0.15, -0.1) is 0 Å². The van der Waals surface area contributed by atoms with Crippen LogP contribution in [0.5, 0.6) is 0 Å². The Morgan fingerprint density at radius 1 is 0.319 bits per heavy atom. The maximum absolute atomic E-state index is 12.9. The van der Waals surface area contributed by atoms with Crippen molar-refractivity contribution in [3.8, 4) is 0 Å². The maximum atomic E-state index is 12.9. The Morgan fingerprint density at radius 3 is 1.00 bits per heavy atom. The molecule has 16 nitrogen and oxygen atoms in total. The van der Waals surface area contributed by atoms with Crippen molar-refractivity contribution in [2.24, 2.45) is 0 Å². The maximum Gasteiger partial charge on any atom is 0.472 e. The number of ether oxygens (including phenoxy) is 3. The van der Waals surface area contributed by atoms with Crippen molar-refractivity contribution >= 4 is 33.6 Å². The van der Waals surface area contributed by atoms with Crippen molar-refractivity contribution in [3.05, 3.63) is 122 Å². The minimum Gasteiger partial charge on any atom is -0.463 e. The van der Waals surface area contributed by atoms with Crippen LogP contribution in [0.2, 0.25) is 0 Å². The molecule has 0 saturated heterocycles. The Balaban J connectivity index is 4.60. The largest absolute Gasteiger partial charge is 0.472 e. The zero-order chi connectivity index (χ0) is 66.7. The van der Waals surface area contributed by atoms with Crippen molar-refractivity contribution < 1.29 is 75.8 Å². The Labute approximate surface area is 551 Å². The van der Waals surface area contributed by atoms with Crippen LogP contribution >= 0.6 is 15.6 Å². The van der Waals surface area contributed by atoms with Gasteiger partial charge in [0.1, 0.15) is 25.4 Å². The molecule has 91 heavy (non-hydrogen) atoms. The number of aliphatic hydroxyl groups excluding tert-OH is 2. The first-order valence-electron chi connectivity index (χ1n) is 34.8. The number of rotatable bonds is 65. The highest BCUT2D eigenvalue weighted by atomic mass is 31.2. The smallest absolute Gasteiger partial charge is 0.463 e. The van der Waals surface area contributed by atoms with Crippen molar-refractivity contribution in [1.82, 2.24) is 0 Å². The number of aliphatic hydroxyl groups is 2. The molecule has 18 heteroatoms. The fourth-order valence-corrected chi connectivity index (χ4v) is 10.4. The molecule has 0 spiro atoms. The molecule has 0 bridgehead atoms. The first kappa shape index (κ1) is 87.0. The van der Waals surface area contributed by atoms with E-state index in [4.69, 9.17) is 32.3 Å². The molecule has 0 aliphatic heterocycles. The van der Waals surface area contributed by atoms with Gasteiger partial charge in [0.2, 0.25) is 0 Å². The standard InChI is InChI=1S/C73H124O16P2/c1-4-7-10-13-16-19-22-25-27-29-30-31-32-33-34-35-36-38-40-42-44-47-50-53-56-59-71(76)83-62-68(74)63-85-90(79,80)86-64-69(75)65-87-91(81,82)88-67-70(89-73(78)61-58-55-52-49-46-41-24-21-18-15-12-9-6-3)66-84-72(77)60-57-54-51-48-45-43-39-37-28-26-23-20-17-14-11-8-5-2/h8,11,16-17,19-21,24-28,30-31,33-34,39,43,48,51,68-70,74-75H,4-7,9-10,12-15,18,22-23,29,32,35-38,40-42,44-47,49-50,52-67H2,1-3H3,(H,79,80)(H,81,82)/b11-8-,19-16-,20-17-,24-21-,27-25-,28-26-,31-30-,34-33-,43-39-,51-48-. The summed E-state index contributed by atoms with van der Waals surface area (Å²) in [6.45, 7) is 2.41. The number of phosphoric ester groups is 2. The van der Waals surface area contributed by atoms with Gasteiger partial charge in [0, 0.05) is 19.3 Å². The molecule has 0 aliphatic carbocycles. The number of carbonyl (C=O) groups excluding carboxylic acids is 3. The molecular formula is C73H124O16P2. The number of hydrogen-bond donors (Lipinski definition) is 4. The second-order valence-electron chi connectivity index (χ2n) is 22.9. The number of phosphoric acid groups is 2. The van der Waals surface area contributed by atoms with Gasteiger partial charge in [-0.2, -0.15) is 0 Å². The molecule has 0 saturated carbocycles. The van der Waals surface area contributed by atoms with E-state index in [9.17, 15) is 43.5 Å². The van der Waals surface area contributed by atoms with Crippen molar-refractivity contribution in [2.45, 2.75) is 283 Å². The number of esters is 3. The molecule has 0 aromatic carbocycles. The van der Waals surface area contributed by atoms with E-state index in [1.807, 2.05) is 12.2 Å². The van der Waals surface area contributed by atoms with Crippen LogP contribution in [0.1, 0.15) is 265 Å². The lowest BCUT2D eigenvalue weighted by Crippen LogP contribution is -2.30. The van der Waals surface area contributed by atoms with Gasteiger partial charge >= 0.3 is 33.6 Å². The third-order valence-electron chi connectivity index (χ3n) is 14.1. The van der Waals surface area contributed by atoms with Gasteiger partial charge in [0.05, 0.1) is 26.4 Å². The summed E-state index contributed by atoms with van der Waals surface area (Å²) in [4.78, 5) is 58.3. The highest BCUT2D eigenvalue weighted by molar-refractivity contribution is 7.47. The second kappa shape index (κ2) is 66.0. The van der Waals surface area contributed by atoms with Gasteiger partial charge in [-0.05, 0) is 128 Å². The van der Waals surface area contributed by atoms with E-state index in [1.54, 1.807) is 0 Å². The summed E-state index contributed by atoms with van der Waals surface area (Å²) >= 11 is 0. The summed E-state index contributed by atoms with van der Waals surface area (Å²) in [6, 6.07) is 0. The Bertz CT molecular complexity index is 2140. The molecule has 0 radical (unpaired) electrons. The number of hydrogen-bond acceptors (Lipinski definition) is 14. The van der Waals surface area contributed by atoms with Crippen LogP contribution in [-0.2, 0) is 55.8 Å². The third kappa shape index (κ3) is 67.2. The molecule has 522 valence electrons. The first-order valence-corrected chi connectivity index (χ1v) is 37.8. The highest BCUT2D eigenvalue weighted by Crippen LogP contribution is 2.45. The molecule has 5 unspecified atom stereocenters. The normalized spacial score (nSPS) is 14.9. The summed E-state index contributed by atoms with van der Waals surface area (Å²) < 4.78 is 60.8. The van der Waals surface area contributed by atoms with Crippen LogP contribution in [0.25, 0.3) is 0 Å². The van der Waals surface area contributed by atoms with Gasteiger partial charge in [-0.3, -0.25) is 32.5 Å². The van der Waals surface area contributed by atoms with Gasteiger partial charge in [0.25, 0.3) is 0 Å². The molecule has 4 N–H and O–H groups in total. The van der Waals surface area contributed by atoms with E-state index in [1.165, 1.54) is 77.0 Å². The molecule has 0 heterocycles. The van der Waals surface area contributed by atoms with Gasteiger partial charge in [0.15, 0.2) is 6.10 Å². The Morgan fingerprint density at radius 2 is 0.593 bits per heavy atom. The SMILES string of the molecule is CC/C=C\C/C=C\C/C=C\C/C=C\C/C=C\CCCC(=O)OCC(COP(=O)(O)OCC(O)COP(=O)(O)OCC(O)COC(=O)CCCCCCCCCCC/C=C\C/C=C\C/C=C\C/C=C\CCCCC)OC(=O)CCCCCCC/C=C\CCCCCC. The van der Waals surface area contributed by atoms with Gasteiger partial charge in [-0.1, -0.05) is 239 Å². The van der Waals surface area contributed by atoms with E-state index in [2.05, 4.69) is 130 Å². The van der Waals surface area contributed by atoms with E-state index in [0.29, 0.717) is 25.7 Å². The lowest BCUT2D eigenvalue weighted by molar-refractivity contribution is -0.161. The Hall–Kier alpha value is -4.05. The minimum atomic E-state index is -4.94. The molecule has 0 aliphatic rings. The summed E-state index contributed by atoms with van der Waals surface area (Å²) in [5.41, 5.74) is 0. The van der Waals surface area contributed by atoms with Crippen LogP contribution in [0.3, 0.4) is 0 Å². The fourth-order valence-electron chi connectivity index (χ4n) is 8.82. The van der Waals surface area contributed by atoms with Crippen LogP contribution in [0.15, 0.2) is 122 Å². The predicted octanol–water partition coefficient (Wildman–Crippen LogP) is 19.4. The molecule has 0 aromatic heterocycles. The van der Waals surface area contributed by atoms with E-state index < -0.39 is 91.5 Å². The van der Waals surface area contributed by atoms with E-state index in [0.717, 1.165) is 122 Å². The van der Waals surface area contributed by atoms with Crippen molar-refractivity contribution in [2.75, 3.05) is 39.6 Å². The van der Waals surface area contributed by atoms with Crippen molar-refractivity contribution in [3.63, 3.8) is 0 Å². The fraction of sp³-hybridized carbons (Fsp3) is 0.685. The predicted molar refractivity (Wildman–Crippen MR) is 371 cm³/mol. The van der Waals surface area contributed by atoms with Gasteiger partial charge in [-0.25, -0.2) is 9.13 Å². The molecule has 0 rings (SSSR count). The monoisotopic (exact) mass is 1320 g/mol. The number of allylic oxidation sites excluding steroid dienone is 20. The van der Waals surface area contributed by atoms with Crippen LogP contribution in [-0.4, -0.2) is 95.9 Å². The molecule has 0 aromatic rings. The molecule has 5 atom stereocenters. The number of unbranched alkanes of at least 4 members (excludes halogenated alkanes) is 22. The van der Waals surface area contributed by atoms with Crippen molar-refractivity contribution in [1.29, 1.82) is 0 Å². The summed E-state index contributed by atoms with van der Waals surface area (Å²) in [7, 11) is -9.80. The molecule has 0 amide bonds. The zero-order valence-electron chi connectivity index (χ0n) is 56.5. The van der Waals surface area contributed by atoms with Crippen LogP contribution in [0, 0.1) is 0 Å². The third-order valence-corrected chi connectivity index (χ3v) is 16.0. The Kier molecular flexibility index (Phi) is 63.1. The summed E-state index contributed by atoms with van der Waals surface area (Å²) in [5, 5.41) is 20.6. The van der Waals surface area contributed by atoms with Gasteiger partial charge < -0.3 is 34.2 Å². The second-order valence-corrected chi connectivity index (χ2v) is 25.8. The zero-order valence-corrected chi connectivity index (χ0v) is 58.3. The average molecular weight is 1320 g/mol. The lowest BCUT2D eigenvalue weighted by Gasteiger charge is -2.21. The van der Waals surface area contributed by atoms with E-state index in [-0.39, 0.29) is 19.3 Å². The minimum absolute atomic E-state index is 0.0796. The quantitative estimate of drug-likeness (QED) is 0.0146. The van der Waals surface area contributed by atoms with Crippen LogP contribution < -0.4 is 0 Å². The summed E-state index contributed by atoms with van der Waals surface area (Å²) in [6.07, 6.45) is 75.5. The molecule has 0 fully saturated rings. The summed E-state index contributed by atoms with van der Waals surface area (Å²) in [5.74, 6) is -1.66. The molecular weight excluding hydrogens is 1190 g/mol. The lowest BCUT2D eigenvalue weighted by atomic mass is 10.1.